The van der Waals surface area contributed by atoms with Crippen molar-refractivity contribution < 1.29 is 8.91 Å². The normalized spacial score (nSPS) is 10.6. The number of rotatable bonds is 4. The van der Waals surface area contributed by atoms with Crippen LogP contribution in [-0.4, -0.2) is 17.2 Å². The molecular formula is C11H12FN3O. The van der Waals surface area contributed by atoms with E-state index in [0.29, 0.717) is 30.2 Å². The molecule has 4 nitrogen and oxygen atoms in total. The minimum absolute atomic E-state index is 0.254. The molecule has 16 heavy (non-hydrogen) atoms. The predicted molar refractivity (Wildman–Crippen MR) is 56.3 cm³/mol. The van der Waals surface area contributed by atoms with Gasteiger partial charge in [-0.05, 0) is 18.7 Å². The lowest BCUT2D eigenvalue weighted by Crippen LogP contribution is -2.06. The molecule has 0 unspecified atom stereocenters. The summed E-state index contributed by atoms with van der Waals surface area (Å²) in [5.41, 5.74) is 0.558. The Bertz CT molecular complexity index is 470. The molecule has 2 rings (SSSR count). The standard InChI is InChI=1S/C11H12FN3O/c1-13-7-10-14-11(16-15-10)6-8-4-2-3-5-9(8)12/h2-5,13H,6-7H2,1H3. The summed E-state index contributed by atoms with van der Waals surface area (Å²) in [7, 11) is 1.80. The van der Waals surface area contributed by atoms with Crippen LogP contribution in [0, 0.1) is 5.82 Å². The number of halogens is 1. The molecule has 1 aromatic carbocycles. The molecule has 0 spiro atoms. The topological polar surface area (TPSA) is 51.0 Å². The van der Waals surface area contributed by atoms with Crippen molar-refractivity contribution in [1.82, 2.24) is 15.5 Å². The number of nitrogens with one attached hydrogen (secondary N) is 1. The van der Waals surface area contributed by atoms with Crippen LogP contribution in [0.15, 0.2) is 28.8 Å². The molecule has 0 atom stereocenters. The Morgan fingerprint density at radius 1 is 1.38 bits per heavy atom. The monoisotopic (exact) mass is 221 g/mol. The van der Waals surface area contributed by atoms with Gasteiger partial charge in [-0.3, -0.25) is 0 Å². The van der Waals surface area contributed by atoms with Crippen LogP contribution in [0.5, 0.6) is 0 Å². The Balaban J connectivity index is 2.11. The van der Waals surface area contributed by atoms with E-state index in [9.17, 15) is 4.39 Å². The van der Waals surface area contributed by atoms with Crippen molar-refractivity contribution >= 4 is 0 Å². The molecule has 2 aromatic rings. The second kappa shape index (κ2) is 4.85. The van der Waals surface area contributed by atoms with E-state index in [1.807, 2.05) is 0 Å². The molecule has 5 heteroatoms. The Labute approximate surface area is 92.5 Å². The summed E-state index contributed by atoms with van der Waals surface area (Å²) in [5.74, 6) is 0.750. The minimum atomic E-state index is -0.254. The van der Waals surface area contributed by atoms with E-state index in [4.69, 9.17) is 4.52 Å². The fourth-order valence-electron chi connectivity index (χ4n) is 1.40. The molecule has 0 aliphatic heterocycles. The molecule has 1 heterocycles. The van der Waals surface area contributed by atoms with E-state index in [0.717, 1.165) is 0 Å². The highest BCUT2D eigenvalue weighted by Crippen LogP contribution is 2.11. The Kier molecular flexibility index (Phi) is 3.26. The lowest BCUT2D eigenvalue weighted by atomic mass is 10.1. The van der Waals surface area contributed by atoms with Gasteiger partial charge in [0.1, 0.15) is 5.82 Å². The Morgan fingerprint density at radius 3 is 2.94 bits per heavy atom. The first-order valence-corrected chi connectivity index (χ1v) is 4.99. The van der Waals surface area contributed by atoms with Gasteiger partial charge in [-0.1, -0.05) is 23.4 Å². The summed E-state index contributed by atoms with van der Waals surface area (Å²) in [5, 5.41) is 6.67. The van der Waals surface area contributed by atoms with Crippen molar-refractivity contribution in [2.24, 2.45) is 0 Å². The molecule has 0 aliphatic carbocycles. The molecule has 0 amide bonds. The van der Waals surface area contributed by atoms with Gasteiger partial charge in [0.25, 0.3) is 0 Å². The first-order chi connectivity index (χ1) is 7.79. The smallest absolute Gasteiger partial charge is 0.231 e. The van der Waals surface area contributed by atoms with E-state index in [-0.39, 0.29) is 5.82 Å². The van der Waals surface area contributed by atoms with E-state index in [2.05, 4.69) is 15.5 Å². The van der Waals surface area contributed by atoms with Crippen molar-refractivity contribution in [1.29, 1.82) is 0 Å². The van der Waals surface area contributed by atoms with E-state index in [1.165, 1.54) is 6.07 Å². The van der Waals surface area contributed by atoms with Gasteiger partial charge < -0.3 is 9.84 Å². The first-order valence-electron chi connectivity index (χ1n) is 4.99. The molecular weight excluding hydrogens is 209 g/mol. The molecule has 0 bridgehead atoms. The van der Waals surface area contributed by atoms with E-state index < -0.39 is 0 Å². The van der Waals surface area contributed by atoms with Gasteiger partial charge in [0.05, 0.1) is 13.0 Å². The zero-order valence-corrected chi connectivity index (χ0v) is 8.90. The number of hydrogen-bond acceptors (Lipinski definition) is 4. The van der Waals surface area contributed by atoms with Gasteiger partial charge in [-0.15, -0.1) is 0 Å². The third-order valence-electron chi connectivity index (χ3n) is 2.14. The van der Waals surface area contributed by atoms with Gasteiger partial charge >= 0.3 is 0 Å². The molecule has 0 saturated heterocycles. The van der Waals surface area contributed by atoms with Gasteiger partial charge in [0, 0.05) is 0 Å². The van der Waals surface area contributed by atoms with Gasteiger partial charge in [-0.2, -0.15) is 4.98 Å². The van der Waals surface area contributed by atoms with Crippen LogP contribution in [0.1, 0.15) is 17.3 Å². The molecule has 0 fully saturated rings. The first kappa shape index (κ1) is 10.8. The maximum absolute atomic E-state index is 13.3. The molecule has 1 N–H and O–H groups in total. The highest BCUT2D eigenvalue weighted by atomic mass is 19.1. The van der Waals surface area contributed by atoms with Crippen LogP contribution >= 0.6 is 0 Å². The molecule has 0 aliphatic rings. The van der Waals surface area contributed by atoms with Gasteiger partial charge in [-0.25, -0.2) is 4.39 Å². The fourth-order valence-corrected chi connectivity index (χ4v) is 1.40. The third-order valence-corrected chi connectivity index (χ3v) is 2.14. The quantitative estimate of drug-likeness (QED) is 0.850. The molecule has 1 aromatic heterocycles. The maximum atomic E-state index is 13.3. The van der Waals surface area contributed by atoms with Crippen LogP contribution in [0.4, 0.5) is 4.39 Å². The summed E-state index contributed by atoms with van der Waals surface area (Å²) >= 11 is 0. The lowest BCUT2D eigenvalue weighted by molar-refractivity contribution is 0.377. The molecule has 0 radical (unpaired) electrons. The van der Waals surface area contributed by atoms with Crippen molar-refractivity contribution in [3.8, 4) is 0 Å². The minimum Gasteiger partial charge on any atom is -0.339 e. The van der Waals surface area contributed by atoms with Crippen molar-refractivity contribution in [2.75, 3.05) is 7.05 Å². The molecule has 84 valence electrons. The van der Waals surface area contributed by atoms with E-state index >= 15 is 0 Å². The third kappa shape index (κ3) is 2.43. The number of benzene rings is 1. The predicted octanol–water partition coefficient (Wildman–Crippen LogP) is 1.52. The van der Waals surface area contributed by atoms with Crippen LogP contribution in [-0.2, 0) is 13.0 Å². The van der Waals surface area contributed by atoms with Gasteiger partial charge in [0.15, 0.2) is 5.82 Å². The Hall–Kier alpha value is -1.75. The Morgan fingerprint density at radius 2 is 2.19 bits per heavy atom. The van der Waals surface area contributed by atoms with Crippen LogP contribution in [0.25, 0.3) is 0 Å². The maximum Gasteiger partial charge on any atom is 0.231 e. The summed E-state index contributed by atoms with van der Waals surface area (Å²) in [6.07, 6.45) is 0.323. The van der Waals surface area contributed by atoms with Crippen molar-refractivity contribution in [3.63, 3.8) is 0 Å². The number of hydrogen-bond donors (Lipinski definition) is 1. The van der Waals surface area contributed by atoms with Crippen molar-refractivity contribution in [2.45, 2.75) is 13.0 Å². The molecule has 0 saturated carbocycles. The lowest BCUT2D eigenvalue weighted by Gasteiger charge is -1.97. The summed E-state index contributed by atoms with van der Waals surface area (Å²) in [6, 6.07) is 6.56. The summed E-state index contributed by atoms with van der Waals surface area (Å²) in [6.45, 7) is 0.542. The number of aromatic nitrogens is 2. The van der Waals surface area contributed by atoms with Crippen LogP contribution in [0.2, 0.25) is 0 Å². The summed E-state index contributed by atoms with van der Waals surface area (Å²) < 4.78 is 18.3. The fraction of sp³-hybridized carbons (Fsp3) is 0.273. The van der Waals surface area contributed by atoms with Crippen molar-refractivity contribution in [3.05, 3.63) is 47.4 Å². The second-order valence-corrected chi connectivity index (χ2v) is 3.40. The van der Waals surface area contributed by atoms with E-state index in [1.54, 1.807) is 25.2 Å². The van der Waals surface area contributed by atoms with Gasteiger partial charge in [0.2, 0.25) is 5.89 Å². The zero-order valence-electron chi connectivity index (χ0n) is 8.90. The SMILES string of the molecule is CNCc1noc(Cc2ccccc2F)n1. The summed E-state index contributed by atoms with van der Waals surface area (Å²) in [4.78, 5) is 4.13. The average molecular weight is 221 g/mol. The zero-order chi connectivity index (χ0) is 11.4. The largest absolute Gasteiger partial charge is 0.339 e. The second-order valence-electron chi connectivity index (χ2n) is 3.40. The number of nitrogens with zero attached hydrogens (tertiary/aromatic N) is 2. The average Bonchev–Trinajstić information content (AvgIpc) is 2.70. The highest BCUT2D eigenvalue weighted by Gasteiger charge is 2.08. The van der Waals surface area contributed by atoms with Crippen LogP contribution in [0.3, 0.4) is 0 Å². The van der Waals surface area contributed by atoms with Crippen LogP contribution < -0.4 is 5.32 Å². The highest BCUT2D eigenvalue weighted by molar-refractivity contribution is 5.20.